The summed E-state index contributed by atoms with van der Waals surface area (Å²) in [6.07, 6.45) is 4.31. The molecule has 3 nitrogen and oxygen atoms in total. The van der Waals surface area contributed by atoms with Crippen LogP contribution in [0.1, 0.15) is 43.0 Å². The first-order valence-electron chi connectivity index (χ1n) is 6.88. The Morgan fingerprint density at radius 1 is 1.47 bits per heavy atom. The fourth-order valence-corrected chi connectivity index (χ4v) is 3.00. The lowest BCUT2D eigenvalue weighted by Crippen LogP contribution is -2.37. The highest BCUT2D eigenvalue weighted by molar-refractivity contribution is 9.09. The summed E-state index contributed by atoms with van der Waals surface area (Å²) in [5, 5.41) is 3.09. The van der Waals surface area contributed by atoms with E-state index in [2.05, 4.69) is 28.2 Å². The highest BCUT2D eigenvalue weighted by Crippen LogP contribution is 2.26. The van der Waals surface area contributed by atoms with E-state index in [0.29, 0.717) is 17.0 Å². The van der Waals surface area contributed by atoms with E-state index in [9.17, 15) is 4.79 Å². The van der Waals surface area contributed by atoms with Gasteiger partial charge in [-0.1, -0.05) is 35.3 Å². The minimum Gasteiger partial charge on any atom is -0.494 e. The van der Waals surface area contributed by atoms with E-state index < -0.39 is 0 Å². The molecule has 1 fully saturated rings. The molecule has 2 atom stereocenters. The molecule has 2 unspecified atom stereocenters. The zero-order valence-electron chi connectivity index (χ0n) is 11.2. The van der Waals surface area contributed by atoms with Crippen molar-refractivity contribution in [3.63, 3.8) is 0 Å². The Morgan fingerprint density at radius 2 is 2.32 bits per heavy atom. The summed E-state index contributed by atoms with van der Waals surface area (Å²) in [5.74, 6) is 0.745. The van der Waals surface area contributed by atoms with Gasteiger partial charge in [0.2, 0.25) is 0 Å². The van der Waals surface area contributed by atoms with E-state index in [1.807, 2.05) is 24.3 Å². The fourth-order valence-electron chi connectivity index (χ4n) is 2.28. The summed E-state index contributed by atoms with van der Waals surface area (Å²) in [6, 6.07) is 7.62. The molecule has 1 aromatic rings. The first-order valence-corrected chi connectivity index (χ1v) is 7.80. The zero-order chi connectivity index (χ0) is 13.7. The molecule has 2 rings (SSSR count). The predicted octanol–water partition coefficient (Wildman–Crippen LogP) is 3.52. The van der Waals surface area contributed by atoms with Crippen molar-refractivity contribution >= 4 is 21.8 Å². The maximum Gasteiger partial charge on any atom is 0.251 e. The number of carbonyl (C=O) groups excluding carboxylic acids is 1. The molecule has 0 spiro atoms. The van der Waals surface area contributed by atoms with Crippen LogP contribution >= 0.6 is 15.9 Å². The van der Waals surface area contributed by atoms with E-state index in [4.69, 9.17) is 4.74 Å². The minimum absolute atomic E-state index is 0.0155. The molecule has 1 N–H and O–H groups in total. The summed E-state index contributed by atoms with van der Waals surface area (Å²) in [5.41, 5.74) is 0.667. The smallest absolute Gasteiger partial charge is 0.251 e. The van der Waals surface area contributed by atoms with Gasteiger partial charge in [0, 0.05) is 16.4 Å². The van der Waals surface area contributed by atoms with E-state index in [1.54, 1.807) is 0 Å². The molecular formula is C15H20BrNO2. The van der Waals surface area contributed by atoms with Gasteiger partial charge < -0.3 is 10.1 Å². The third-order valence-electron chi connectivity index (χ3n) is 3.32. The number of rotatable bonds is 5. The van der Waals surface area contributed by atoms with E-state index in [1.165, 1.54) is 6.42 Å². The normalized spacial score (nSPS) is 22.2. The second kappa shape index (κ2) is 6.94. The Labute approximate surface area is 122 Å². The predicted molar refractivity (Wildman–Crippen MR) is 80.0 cm³/mol. The molecule has 1 amide bonds. The molecule has 0 saturated heterocycles. The van der Waals surface area contributed by atoms with Crippen LogP contribution < -0.4 is 10.1 Å². The first kappa shape index (κ1) is 14.4. The number of ether oxygens (including phenoxy) is 1. The number of hydrogen-bond donors (Lipinski definition) is 1. The molecule has 19 heavy (non-hydrogen) atoms. The fraction of sp³-hybridized carbons (Fsp3) is 0.533. The standard InChI is InChI=1S/C15H20BrNO2/c1-2-9-19-12-6-3-5-11(10-12)15(18)17-14-8-4-7-13(14)16/h3,5-6,10,13-14H,2,4,7-9H2,1H3,(H,17,18). The Hall–Kier alpha value is -1.03. The number of hydrogen-bond acceptors (Lipinski definition) is 2. The molecule has 1 aliphatic rings. The van der Waals surface area contributed by atoms with Crippen LogP contribution in [0.4, 0.5) is 0 Å². The molecule has 104 valence electrons. The summed E-state index contributed by atoms with van der Waals surface area (Å²) < 4.78 is 5.55. The summed E-state index contributed by atoms with van der Waals surface area (Å²) in [6.45, 7) is 2.74. The molecule has 0 aromatic heterocycles. The van der Waals surface area contributed by atoms with Crippen LogP contribution in [-0.4, -0.2) is 23.4 Å². The number of alkyl halides is 1. The zero-order valence-corrected chi connectivity index (χ0v) is 12.8. The van der Waals surface area contributed by atoms with Crippen LogP contribution in [0.2, 0.25) is 0 Å². The number of carbonyl (C=O) groups is 1. The van der Waals surface area contributed by atoms with Crippen molar-refractivity contribution in [2.45, 2.75) is 43.5 Å². The highest BCUT2D eigenvalue weighted by Gasteiger charge is 2.26. The molecular weight excluding hydrogens is 306 g/mol. The van der Waals surface area contributed by atoms with E-state index in [0.717, 1.165) is 25.0 Å². The lowest BCUT2D eigenvalue weighted by molar-refractivity contribution is 0.0938. The Kier molecular flexibility index (Phi) is 5.25. The van der Waals surface area contributed by atoms with Gasteiger partial charge in [-0.2, -0.15) is 0 Å². The Morgan fingerprint density at radius 3 is 3.00 bits per heavy atom. The van der Waals surface area contributed by atoms with Gasteiger partial charge in [0.05, 0.1) is 6.61 Å². The van der Waals surface area contributed by atoms with Gasteiger partial charge in [-0.3, -0.25) is 4.79 Å². The molecule has 1 saturated carbocycles. The lowest BCUT2D eigenvalue weighted by Gasteiger charge is -2.16. The topological polar surface area (TPSA) is 38.3 Å². The van der Waals surface area contributed by atoms with Gasteiger partial charge in [0.25, 0.3) is 5.91 Å². The largest absolute Gasteiger partial charge is 0.494 e. The van der Waals surface area contributed by atoms with Crippen LogP contribution in [0, 0.1) is 0 Å². The van der Waals surface area contributed by atoms with Crippen molar-refractivity contribution in [3.05, 3.63) is 29.8 Å². The molecule has 0 bridgehead atoms. The minimum atomic E-state index is -0.0155. The van der Waals surface area contributed by atoms with Gasteiger partial charge in [-0.05, 0) is 37.5 Å². The maximum atomic E-state index is 12.2. The summed E-state index contributed by atoms with van der Waals surface area (Å²) in [4.78, 5) is 12.6. The van der Waals surface area contributed by atoms with Crippen molar-refractivity contribution in [1.82, 2.24) is 5.32 Å². The van der Waals surface area contributed by atoms with Crippen LogP contribution in [0.5, 0.6) is 5.75 Å². The molecule has 1 aromatic carbocycles. The van der Waals surface area contributed by atoms with Crippen molar-refractivity contribution in [2.24, 2.45) is 0 Å². The van der Waals surface area contributed by atoms with Crippen molar-refractivity contribution in [3.8, 4) is 5.75 Å². The van der Waals surface area contributed by atoms with Crippen molar-refractivity contribution in [2.75, 3.05) is 6.61 Å². The van der Waals surface area contributed by atoms with Gasteiger partial charge >= 0.3 is 0 Å². The lowest BCUT2D eigenvalue weighted by atomic mass is 10.1. The molecule has 0 heterocycles. The van der Waals surface area contributed by atoms with Crippen LogP contribution in [0.3, 0.4) is 0 Å². The van der Waals surface area contributed by atoms with Gasteiger partial charge in [-0.15, -0.1) is 0 Å². The maximum absolute atomic E-state index is 12.2. The van der Waals surface area contributed by atoms with E-state index >= 15 is 0 Å². The van der Waals surface area contributed by atoms with Gasteiger partial charge in [0.1, 0.15) is 5.75 Å². The second-order valence-electron chi connectivity index (χ2n) is 4.90. The third kappa shape index (κ3) is 3.96. The second-order valence-corrected chi connectivity index (χ2v) is 6.08. The average Bonchev–Trinajstić information content (AvgIpc) is 2.82. The highest BCUT2D eigenvalue weighted by atomic mass is 79.9. The number of amides is 1. The van der Waals surface area contributed by atoms with Crippen LogP contribution in [-0.2, 0) is 0 Å². The average molecular weight is 326 g/mol. The Bertz CT molecular complexity index is 436. The van der Waals surface area contributed by atoms with Crippen LogP contribution in [0.25, 0.3) is 0 Å². The molecule has 0 radical (unpaired) electrons. The van der Waals surface area contributed by atoms with Gasteiger partial charge in [-0.25, -0.2) is 0 Å². The first-order chi connectivity index (χ1) is 9.20. The third-order valence-corrected chi connectivity index (χ3v) is 4.41. The SMILES string of the molecule is CCCOc1cccc(C(=O)NC2CCCC2Br)c1. The number of nitrogens with one attached hydrogen (secondary N) is 1. The number of benzene rings is 1. The van der Waals surface area contributed by atoms with Gasteiger partial charge in [0.15, 0.2) is 0 Å². The molecule has 1 aliphatic carbocycles. The molecule has 4 heteroatoms. The van der Waals surface area contributed by atoms with Crippen molar-refractivity contribution in [1.29, 1.82) is 0 Å². The number of halogens is 1. The quantitative estimate of drug-likeness (QED) is 0.841. The molecule has 0 aliphatic heterocycles. The Balaban J connectivity index is 1.98. The van der Waals surface area contributed by atoms with E-state index in [-0.39, 0.29) is 11.9 Å². The van der Waals surface area contributed by atoms with Crippen LogP contribution in [0.15, 0.2) is 24.3 Å². The summed E-state index contributed by atoms with van der Waals surface area (Å²) >= 11 is 3.62. The van der Waals surface area contributed by atoms with Crippen molar-refractivity contribution < 1.29 is 9.53 Å². The summed E-state index contributed by atoms with van der Waals surface area (Å²) in [7, 11) is 0. The monoisotopic (exact) mass is 325 g/mol.